The quantitative estimate of drug-likeness (QED) is 0.150. The van der Waals surface area contributed by atoms with Crippen molar-refractivity contribution in [2.75, 3.05) is 18.6 Å². The minimum atomic E-state index is -4.63. The smallest absolute Gasteiger partial charge is 0.543 e. The van der Waals surface area contributed by atoms with Crippen LogP contribution in [0.5, 0.6) is 0 Å². The summed E-state index contributed by atoms with van der Waals surface area (Å²) in [5, 5.41) is 26.0. The Morgan fingerprint density at radius 1 is 1.50 bits per heavy atom. The molecule has 1 unspecified atom stereocenters. The van der Waals surface area contributed by atoms with E-state index in [1.54, 1.807) is 6.92 Å². The number of fused-ring (bicyclic) bond motifs is 1. The number of amides is 2. The van der Waals surface area contributed by atoms with Gasteiger partial charge < -0.3 is 20.0 Å². The van der Waals surface area contributed by atoms with E-state index in [1.165, 1.54) is 0 Å². The number of halogens is 3. The first-order valence-corrected chi connectivity index (χ1v) is 11.3. The van der Waals surface area contributed by atoms with Gasteiger partial charge in [0.05, 0.1) is 17.4 Å². The van der Waals surface area contributed by atoms with Crippen LogP contribution in [0.15, 0.2) is 16.4 Å². The predicted octanol–water partition coefficient (Wildman–Crippen LogP) is -3.68. The molecule has 0 aromatic carbocycles. The number of aromatic nitrogens is 4. The molecule has 3 atom stereocenters. The topological polar surface area (TPSA) is 153 Å². The first-order chi connectivity index (χ1) is 14.5. The van der Waals surface area contributed by atoms with Crippen LogP contribution < -0.4 is 40.0 Å². The molecule has 2 aliphatic rings. The van der Waals surface area contributed by atoms with Crippen molar-refractivity contribution in [2.24, 2.45) is 0 Å². The number of H-pyrrole nitrogens is 1. The SMILES string of the molecule is CO[C@@]1(NC(=O)CSC(F)(F)F)C(=O)N2C(C(=O)[O-])=C(C(C)Sc3nnn[nH]3)CS[C@H]21.[Na+]. The van der Waals surface area contributed by atoms with Gasteiger partial charge >= 0.3 is 35.1 Å². The van der Waals surface area contributed by atoms with Gasteiger partial charge in [0, 0.05) is 18.1 Å². The number of alkyl halides is 3. The maximum absolute atomic E-state index is 12.9. The molecule has 32 heavy (non-hydrogen) atoms. The fraction of sp³-hybridized carbons (Fsp3) is 0.571. The summed E-state index contributed by atoms with van der Waals surface area (Å²) in [5.74, 6) is -4.46. The molecular weight excluding hydrogens is 508 g/mol. The van der Waals surface area contributed by atoms with Gasteiger partial charge in [-0.25, -0.2) is 5.10 Å². The second kappa shape index (κ2) is 10.5. The Morgan fingerprint density at radius 2 is 2.19 bits per heavy atom. The van der Waals surface area contributed by atoms with Crippen LogP contribution in [0.25, 0.3) is 0 Å². The number of carboxylic acid groups (broad SMARTS) is 1. The first kappa shape index (κ1) is 27.3. The molecule has 0 saturated carbocycles. The van der Waals surface area contributed by atoms with Crippen LogP contribution in [0.1, 0.15) is 6.92 Å². The fourth-order valence-electron chi connectivity index (χ4n) is 3.03. The van der Waals surface area contributed by atoms with Crippen molar-refractivity contribution in [1.82, 2.24) is 30.8 Å². The number of hydrogen-bond donors (Lipinski definition) is 2. The van der Waals surface area contributed by atoms with Crippen LogP contribution in [-0.2, 0) is 19.1 Å². The van der Waals surface area contributed by atoms with Crippen LogP contribution in [-0.4, -0.2) is 83.8 Å². The van der Waals surface area contributed by atoms with Gasteiger partial charge in [0.25, 0.3) is 11.6 Å². The zero-order valence-electron chi connectivity index (χ0n) is 16.8. The van der Waals surface area contributed by atoms with Gasteiger partial charge in [-0.3, -0.25) is 14.5 Å². The van der Waals surface area contributed by atoms with Gasteiger partial charge in [-0.1, -0.05) is 11.8 Å². The third-order valence-electron chi connectivity index (χ3n) is 4.37. The molecule has 1 aromatic rings. The van der Waals surface area contributed by atoms with Crippen molar-refractivity contribution in [1.29, 1.82) is 0 Å². The minimum absolute atomic E-state index is 0. The van der Waals surface area contributed by atoms with Gasteiger partial charge in [0.15, 0.2) is 0 Å². The summed E-state index contributed by atoms with van der Waals surface area (Å²) in [6.45, 7) is 1.69. The van der Waals surface area contributed by atoms with Crippen molar-refractivity contribution in [3.63, 3.8) is 0 Å². The predicted molar refractivity (Wildman–Crippen MR) is 101 cm³/mol. The van der Waals surface area contributed by atoms with Crippen LogP contribution in [0.3, 0.4) is 0 Å². The molecule has 3 rings (SSSR count). The number of aromatic amines is 1. The fourth-order valence-corrected chi connectivity index (χ4v) is 5.92. The van der Waals surface area contributed by atoms with E-state index in [0.29, 0.717) is 10.7 Å². The number of methoxy groups -OCH3 is 1. The number of carbonyl (C=O) groups excluding carboxylic acids is 3. The van der Waals surface area contributed by atoms with E-state index in [4.69, 9.17) is 4.74 Å². The van der Waals surface area contributed by atoms with Gasteiger partial charge in [0.2, 0.25) is 11.1 Å². The maximum Gasteiger partial charge on any atom is 1.00 e. The van der Waals surface area contributed by atoms with E-state index < -0.39 is 57.2 Å². The van der Waals surface area contributed by atoms with E-state index in [2.05, 4.69) is 25.9 Å². The molecule has 0 aliphatic carbocycles. The monoisotopic (exact) mass is 522 g/mol. The van der Waals surface area contributed by atoms with E-state index >= 15 is 0 Å². The number of nitrogens with one attached hydrogen (secondary N) is 2. The van der Waals surface area contributed by atoms with Gasteiger partial charge in [-0.2, -0.15) is 13.2 Å². The Morgan fingerprint density at radius 3 is 2.72 bits per heavy atom. The van der Waals surface area contributed by atoms with E-state index in [1.807, 2.05) is 0 Å². The molecule has 2 N–H and O–H groups in total. The number of rotatable bonds is 8. The molecule has 0 radical (unpaired) electrons. The Labute approximate surface area is 213 Å². The van der Waals surface area contributed by atoms with Crippen molar-refractivity contribution in [2.45, 2.75) is 33.9 Å². The number of hydrogen-bond acceptors (Lipinski definition) is 11. The Kier molecular flexibility index (Phi) is 8.96. The molecule has 0 spiro atoms. The summed E-state index contributed by atoms with van der Waals surface area (Å²) < 4.78 is 42.2. The third-order valence-corrected chi connectivity index (χ3v) is 7.48. The molecule has 1 aromatic heterocycles. The number of tetrazole rings is 1. The largest absolute Gasteiger partial charge is 1.00 e. The Hall–Kier alpha value is -0.980. The number of ether oxygens (including phenoxy) is 1. The van der Waals surface area contributed by atoms with Gasteiger partial charge in [0.1, 0.15) is 5.37 Å². The molecule has 18 heteroatoms. The van der Waals surface area contributed by atoms with Crippen LogP contribution in [0, 0.1) is 0 Å². The zero-order chi connectivity index (χ0) is 23.0. The summed E-state index contributed by atoms with van der Waals surface area (Å²) in [6.07, 6.45) is 0. The Bertz CT molecular complexity index is 920. The molecule has 0 bridgehead atoms. The van der Waals surface area contributed by atoms with Crippen LogP contribution in [0.4, 0.5) is 13.2 Å². The van der Waals surface area contributed by atoms with Gasteiger partial charge in [-0.05, 0) is 34.7 Å². The summed E-state index contributed by atoms with van der Waals surface area (Å²) in [6, 6.07) is 0. The molecule has 2 amide bonds. The zero-order valence-corrected chi connectivity index (χ0v) is 21.2. The molecular formula is C14H14F3N6NaO5S3. The summed E-state index contributed by atoms with van der Waals surface area (Å²) in [5.41, 5.74) is -6.63. The van der Waals surface area contributed by atoms with E-state index in [9.17, 15) is 32.7 Å². The Balaban J connectivity index is 0.00000363. The molecule has 3 heterocycles. The summed E-state index contributed by atoms with van der Waals surface area (Å²) in [7, 11) is 1.10. The standard InChI is InChI=1S/C14H15F3N6O5S3.Na/c1-5(31-12-19-21-22-20-12)6-3-29-11-13(28-2,10(27)23(11)8(6)9(25)26)18-7(24)4-30-14(15,16)17;/h5,11H,3-4H2,1-2H3,(H,18,24)(H,25,26)(H,19,20,21,22);/q;+1/p-1/t5?,11-,13-;/m0./s1. The van der Waals surface area contributed by atoms with Crippen molar-refractivity contribution < 1.29 is 67.0 Å². The summed E-state index contributed by atoms with van der Waals surface area (Å²) in [4.78, 5) is 37.6. The van der Waals surface area contributed by atoms with E-state index in [-0.39, 0.29) is 41.0 Å². The average Bonchev–Trinajstić information content (AvgIpc) is 3.21. The van der Waals surface area contributed by atoms with Crippen LogP contribution >= 0.6 is 35.3 Å². The number of carboxylic acids is 1. The van der Waals surface area contributed by atoms with Gasteiger partial charge in [-0.15, -0.1) is 16.9 Å². The van der Waals surface area contributed by atoms with Crippen molar-refractivity contribution >= 4 is 53.1 Å². The van der Waals surface area contributed by atoms with Crippen LogP contribution in [0.2, 0.25) is 0 Å². The minimum Gasteiger partial charge on any atom is -0.543 e. The molecule has 170 valence electrons. The van der Waals surface area contributed by atoms with Crippen molar-refractivity contribution in [3.05, 3.63) is 11.3 Å². The number of β-lactam (4-membered cyclic amide) rings is 1. The maximum atomic E-state index is 12.9. The molecule has 11 nitrogen and oxygen atoms in total. The number of aliphatic carboxylic acids is 1. The first-order valence-electron chi connectivity index (χ1n) is 8.37. The number of carbonyl (C=O) groups is 3. The summed E-state index contributed by atoms with van der Waals surface area (Å²) >= 11 is 1.66. The molecule has 1 fully saturated rings. The van der Waals surface area contributed by atoms with Crippen molar-refractivity contribution in [3.8, 4) is 0 Å². The molecule has 1 saturated heterocycles. The second-order valence-electron chi connectivity index (χ2n) is 6.19. The van der Waals surface area contributed by atoms with E-state index in [0.717, 1.165) is 35.5 Å². The number of thioether (sulfide) groups is 3. The average molecular weight is 522 g/mol. The second-order valence-corrected chi connectivity index (χ2v) is 9.63. The number of nitrogens with zero attached hydrogens (tertiary/aromatic N) is 4. The third kappa shape index (κ3) is 5.39. The normalized spacial score (nSPS) is 23.7. The molecule has 2 aliphatic heterocycles.